The summed E-state index contributed by atoms with van der Waals surface area (Å²) in [6.45, 7) is 2.86. The molecule has 0 bridgehead atoms. The summed E-state index contributed by atoms with van der Waals surface area (Å²) in [4.78, 5) is 8.74. The molecule has 3 aromatic rings. The number of imidazole rings is 1. The van der Waals surface area contributed by atoms with Crippen LogP contribution in [0.15, 0.2) is 41.7 Å². The normalized spacial score (nSPS) is 12.7. The zero-order valence-electron chi connectivity index (χ0n) is 10.4. The summed E-state index contributed by atoms with van der Waals surface area (Å²) in [6, 6.07) is 2.11. The largest absolute Gasteiger partial charge is 0.363 e. The molecule has 19 heavy (non-hydrogen) atoms. The number of aromatic nitrogens is 5. The van der Waals surface area contributed by atoms with E-state index in [2.05, 4.69) is 43.2 Å². The number of rotatable bonds is 4. The number of hydrogen-bond acceptors (Lipinski definition) is 4. The van der Waals surface area contributed by atoms with E-state index in [9.17, 15) is 0 Å². The van der Waals surface area contributed by atoms with Gasteiger partial charge in [0.2, 0.25) is 0 Å². The Morgan fingerprint density at radius 3 is 3.05 bits per heavy atom. The Morgan fingerprint density at radius 2 is 2.26 bits per heavy atom. The first kappa shape index (κ1) is 12.2. The number of nitrogens with zero attached hydrogens (tertiary/aromatic N) is 5. The van der Waals surface area contributed by atoms with Crippen molar-refractivity contribution < 1.29 is 0 Å². The predicted octanol–water partition coefficient (Wildman–Crippen LogP) is 2.19. The average Bonchev–Trinajstić information content (AvgIpc) is 2.99. The fraction of sp³-hybridized carbons (Fsp3) is 0.250. The first-order valence-corrected chi connectivity index (χ1v) is 6.75. The van der Waals surface area contributed by atoms with E-state index >= 15 is 0 Å². The van der Waals surface area contributed by atoms with E-state index in [0.717, 1.165) is 22.6 Å². The lowest BCUT2D eigenvalue weighted by atomic mass is 10.3. The Hall–Kier alpha value is -1.89. The highest BCUT2D eigenvalue weighted by Gasteiger charge is 2.10. The standard InChI is InChI=1S/C12H13BrN6/c1-9(7-19-5-2-3-15-19)16-11-12-14-4-6-18(12)8-10(13)17-11/h2-6,8-9H,7H2,1H3,(H,16,17). The van der Waals surface area contributed by atoms with Crippen LogP contribution in [0.25, 0.3) is 5.65 Å². The third kappa shape index (κ3) is 2.60. The first-order valence-electron chi connectivity index (χ1n) is 5.95. The van der Waals surface area contributed by atoms with Crippen molar-refractivity contribution in [3.05, 3.63) is 41.7 Å². The van der Waals surface area contributed by atoms with Crippen LogP contribution in [-0.2, 0) is 6.54 Å². The monoisotopic (exact) mass is 320 g/mol. The Balaban J connectivity index is 1.82. The third-order valence-electron chi connectivity index (χ3n) is 2.75. The average molecular weight is 321 g/mol. The second-order valence-corrected chi connectivity index (χ2v) is 5.16. The van der Waals surface area contributed by atoms with Gasteiger partial charge in [-0.05, 0) is 28.9 Å². The quantitative estimate of drug-likeness (QED) is 0.800. The number of hydrogen-bond donors (Lipinski definition) is 1. The highest BCUT2D eigenvalue weighted by atomic mass is 79.9. The van der Waals surface area contributed by atoms with Crippen molar-refractivity contribution >= 4 is 27.4 Å². The van der Waals surface area contributed by atoms with Crippen LogP contribution < -0.4 is 5.32 Å². The summed E-state index contributed by atoms with van der Waals surface area (Å²) in [7, 11) is 0. The Bertz CT molecular complexity index is 675. The molecule has 1 unspecified atom stereocenters. The van der Waals surface area contributed by atoms with Gasteiger partial charge in [-0.15, -0.1) is 0 Å². The molecular weight excluding hydrogens is 308 g/mol. The van der Waals surface area contributed by atoms with Crippen LogP contribution in [0.4, 0.5) is 5.82 Å². The van der Waals surface area contributed by atoms with E-state index in [1.165, 1.54) is 0 Å². The molecule has 0 saturated heterocycles. The van der Waals surface area contributed by atoms with Gasteiger partial charge in [0.1, 0.15) is 4.60 Å². The summed E-state index contributed by atoms with van der Waals surface area (Å²) >= 11 is 3.40. The van der Waals surface area contributed by atoms with Crippen LogP contribution >= 0.6 is 15.9 Å². The van der Waals surface area contributed by atoms with Crippen molar-refractivity contribution in [2.45, 2.75) is 19.5 Å². The maximum Gasteiger partial charge on any atom is 0.180 e. The summed E-state index contributed by atoms with van der Waals surface area (Å²) < 4.78 is 4.59. The molecule has 7 heteroatoms. The summed E-state index contributed by atoms with van der Waals surface area (Å²) in [5, 5.41) is 7.56. The van der Waals surface area contributed by atoms with Crippen molar-refractivity contribution in [3.8, 4) is 0 Å². The molecule has 6 nitrogen and oxygen atoms in total. The molecule has 0 spiro atoms. The molecule has 0 fully saturated rings. The van der Waals surface area contributed by atoms with Gasteiger partial charge in [0.25, 0.3) is 0 Å². The fourth-order valence-electron chi connectivity index (χ4n) is 1.97. The predicted molar refractivity (Wildman–Crippen MR) is 76.0 cm³/mol. The minimum atomic E-state index is 0.196. The molecule has 3 rings (SSSR count). The lowest BCUT2D eigenvalue weighted by molar-refractivity contribution is 0.560. The smallest absolute Gasteiger partial charge is 0.180 e. The SMILES string of the molecule is CC(Cn1cccn1)Nc1nc(Br)cn2ccnc12. The zero-order chi connectivity index (χ0) is 13.2. The molecular formula is C12H13BrN6. The van der Waals surface area contributed by atoms with Gasteiger partial charge in [0.05, 0.1) is 6.54 Å². The topological polar surface area (TPSA) is 60.0 Å². The molecule has 0 aliphatic heterocycles. The summed E-state index contributed by atoms with van der Waals surface area (Å²) in [5.74, 6) is 0.763. The molecule has 0 aliphatic carbocycles. The van der Waals surface area contributed by atoms with E-state index in [1.54, 1.807) is 12.4 Å². The zero-order valence-corrected chi connectivity index (χ0v) is 11.9. The summed E-state index contributed by atoms with van der Waals surface area (Å²) in [6.07, 6.45) is 9.25. The first-order chi connectivity index (χ1) is 9.22. The lowest BCUT2D eigenvalue weighted by Gasteiger charge is -2.15. The molecule has 1 atom stereocenters. The van der Waals surface area contributed by atoms with E-state index in [4.69, 9.17) is 0 Å². The Labute approximate surface area is 118 Å². The lowest BCUT2D eigenvalue weighted by Crippen LogP contribution is -2.23. The maximum absolute atomic E-state index is 4.44. The molecule has 0 saturated carbocycles. The van der Waals surface area contributed by atoms with Crippen LogP contribution in [0.3, 0.4) is 0 Å². The molecule has 0 aromatic carbocycles. The van der Waals surface area contributed by atoms with Gasteiger partial charge in [0.15, 0.2) is 11.5 Å². The molecule has 0 amide bonds. The minimum absolute atomic E-state index is 0.196. The Kier molecular flexibility index (Phi) is 3.20. The molecule has 98 valence electrons. The second-order valence-electron chi connectivity index (χ2n) is 4.34. The van der Waals surface area contributed by atoms with Crippen LogP contribution in [0, 0.1) is 0 Å². The van der Waals surface area contributed by atoms with Crippen LogP contribution in [-0.4, -0.2) is 30.2 Å². The van der Waals surface area contributed by atoms with Crippen molar-refractivity contribution in [2.24, 2.45) is 0 Å². The van der Waals surface area contributed by atoms with Crippen molar-refractivity contribution in [2.75, 3.05) is 5.32 Å². The van der Waals surface area contributed by atoms with Gasteiger partial charge >= 0.3 is 0 Å². The molecule has 0 aliphatic rings. The van der Waals surface area contributed by atoms with Crippen LogP contribution in [0.5, 0.6) is 0 Å². The molecule has 3 heterocycles. The fourth-order valence-corrected chi connectivity index (χ4v) is 2.36. The summed E-state index contributed by atoms with van der Waals surface area (Å²) in [5.41, 5.74) is 0.815. The van der Waals surface area contributed by atoms with Gasteiger partial charge in [-0.3, -0.25) is 4.68 Å². The van der Waals surface area contributed by atoms with Crippen LogP contribution in [0.1, 0.15) is 6.92 Å². The minimum Gasteiger partial charge on any atom is -0.363 e. The van der Waals surface area contributed by atoms with Crippen LogP contribution in [0.2, 0.25) is 0 Å². The number of nitrogens with one attached hydrogen (secondary N) is 1. The van der Waals surface area contributed by atoms with Gasteiger partial charge < -0.3 is 9.72 Å². The van der Waals surface area contributed by atoms with Gasteiger partial charge in [-0.1, -0.05) is 0 Å². The van der Waals surface area contributed by atoms with E-state index in [1.807, 2.05) is 33.7 Å². The Morgan fingerprint density at radius 1 is 1.37 bits per heavy atom. The van der Waals surface area contributed by atoms with Gasteiger partial charge in [-0.25, -0.2) is 9.97 Å². The van der Waals surface area contributed by atoms with E-state index in [0.29, 0.717) is 0 Å². The number of fused-ring (bicyclic) bond motifs is 1. The highest BCUT2D eigenvalue weighted by molar-refractivity contribution is 9.10. The number of anilines is 1. The maximum atomic E-state index is 4.44. The van der Waals surface area contributed by atoms with E-state index in [-0.39, 0.29) is 6.04 Å². The molecule has 3 aromatic heterocycles. The molecule has 1 N–H and O–H groups in total. The van der Waals surface area contributed by atoms with E-state index < -0.39 is 0 Å². The van der Waals surface area contributed by atoms with Gasteiger partial charge in [0, 0.05) is 37.0 Å². The third-order valence-corrected chi connectivity index (χ3v) is 3.13. The van der Waals surface area contributed by atoms with Crippen molar-refractivity contribution in [1.29, 1.82) is 0 Å². The second kappa shape index (κ2) is 5.00. The number of halogens is 1. The highest BCUT2D eigenvalue weighted by Crippen LogP contribution is 2.17. The van der Waals surface area contributed by atoms with Gasteiger partial charge in [-0.2, -0.15) is 5.10 Å². The van der Waals surface area contributed by atoms with Crippen molar-refractivity contribution in [1.82, 2.24) is 24.1 Å². The molecule has 0 radical (unpaired) electrons. The van der Waals surface area contributed by atoms with Crippen molar-refractivity contribution in [3.63, 3.8) is 0 Å².